The number of ether oxygens (including phenoxy) is 1. The normalized spacial score (nSPS) is 11.2. The minimum absolute atomic E-state index is 0.318. The van der Waals surface area contributed by atoms with Crippen LogP contribution in [0.1, 0.15) is 24.2 Å². The maximum atomic E-state index is 13.5. The van der Waals surface area contributed by atoms with Crippen LogP contribution >= 0.6 is 0 Å². The molecule has 0 aliphatic heterocycles. The molecule has 1 aromatic carbocycles. The average Bonchev–Trinajstić information content (AvgIpc) is 3.54. The molecule has 12 heteroatoms. The van der Waals surface area contributed by atoms with E-state index in [1.165, 1.54) is 18.5 Å². The van der Waals surface area contributed by atoms with Crippen molar-refractivity contribution in [1.82, 2.24) is 39.7 Å². The van der Waals surface area contributed by atoms with Gasteiger partial charge in [0.05, 0.1) is 24.1 Å². The number of benzene rings is 1. The van der Waals surface area contributed by atoms with Crippen LogP contribution in [-0.4, -0.2) is 46.8 Å². The van der Waals surface area contributed by atoms with Gasteiger partial charge in [-0.3, -0.25) is 0 Å². The Hall–Kier alpha value is -4.61. The van der Waals surface area contributed by atoms with Crippen molar-refractivity contribution in [3.63, 3.8) is 0 Å². The first-order chi connectivity index (χ1) is 17.4. The first-order valence-corrected chi connectivity index (χ1v) is 11.3. The first-order valence-electron chi connectivity index (χ1n) is 11.3. The van der Waals surface area contributed by atoms with Crippen LogP contribution in [0, 0.1) is 26.6 Å². The van der Waals surface area contributed by atoms with Crippen LogP contribution in [0.15, 0.2) is 41.1 Å². The molecule has 5 aromatic rings. The molecule has 5 rings (SSSR count). The predicted molar refractivity (Wildman–Crippen MR) is 130 cm³/mol. The second-order valence-electron chi connectivity index (χ2n) is 8.02. The highest BCUT2D eigenvalue weighted by Gasteiger charge is 2.22. The van der Waals surface area contributed by atoms with E-state index in [2.05, 4.69) is 35.7 Å². The standard InChI is InChI=1S/C24H24FN9O2/c1-6-33-23(22(35-5)21(32-33)16-7-9-17(25)10-8-16)28-18-11-19(27-12-26-18)34-14(3)20(13(2)31-34)24-30-29-15(4)36-24/h7-12H,6H2,1-5H3,(H,26,27,28). The van der Waals surface area contributed by atoms with Crippen molar-refractivity contribution in [3.8, 4) is 34.3 Å². The summed E-state index contributed by atoms with van der Waals surface area (Å²) in [5.41, 5.74) is 3.63. The topological polar surface area (TPSA) is 122 Å². The summed E-state index contributed by atoms with van der Waals surface area (Å²) in [6.45, 7) is 8.07. The molecule has 0 radical (unpaired) electrons. The van der Waals surface area contributed by atoms with E-state index >= 15 is 0 Å². The molecule has 184 valence electrons. The van der Waals surface area contributed by atoms with Crippen LogP contribution in [0.25, 0.3) is 28.5 Å². The number of halogens is 1. The number of nitrogens with one attached hydrogen (secondary N) is 1. The average molecular weight is 490 g/mol. The number of aryl methyl sites for hydroxylation is 3. The van der Waals surface area contributed by atoms with Gasteiger partial charge >= 0.3 is 0 Å². The van der Waals surface area contributed by atoms with E-state index in [1.54, 1.807) is 41.6 Å². The number of aromatic nitrogens is 8. The van der Waals surface area contributed by atoms with Gasteiger partial charge in [-0.1, -0.05) is 0 Å². The summed E-state index contributed by atoms with van der Waals surface area (Å²) in [5, 5.41) is 20.6. The lowest BCUT2D eigenvalue weighted by Crippen LogP contribution is -2.07. The molecule has 0 bridgehead atoms. The summed E-state index contributed by atoms with van der Waals surface area (Å²) in [6, 6.07) is 7.88. The van der Waals surface area contributed by atoms with Gasteiger partial charge in [0, 0.05) is 25.1 Å². The van der Waals surface area contributed by atoms with Gasteiger partial charge in [-0.15, -0.1) is 10.2 Å². The molecule has 0 unspecified atom stereocenters. The Kier molecular flexibility index (Phi) is 5.92. The highest BCUT2D eigenvalue weighted by atomic mass is 19.1. The van der Waals surface area contributed by atoms with Gasteiger partial charge in [0.15, 0.2) is 17.4 Å². The first kappa shape index (κ1) is 23.1. The zero-order chi connectivity index (χ0) is 25.4. The molecule has 0 spiro atoms. The van der Waals surface area contributed by atoms with Gasteiger partial charge in [0.2, 0.25) is 5.89 Å². The number of hydrogen-bond donors (Lipinski definition) is 1. The number of nitrogens with zero attached hydrogens (tertiary/aromatic N) is 8. The monoisotopic (exact) mass is 489 g/mol. The lowest BCUT2D eigenvalue weighted by molar-refractivity contribution is 0.417. The third kappa shape index (κ3) is 4.06. The van der Waals surface area contributed by atoms with E-state index in [0.29, 0.717) is 47.2 Å². The molecule has 4 heterocycles. The quantitative estimate of drug-likeness (QED) is 0.354. The summed E-state index contributed by atoms with van der Waals surface area (Å²) in [5.74, 6) is 2.76. The third-order valence-electron chi connectivity index (χ3n) is 5.68. The van der Waals surface area contributed by atoms with Crippen LogP contribution in [0.5, 0.6) is 5.75 Å². The Morgan fingerprint density at radius 1 is 1.06 bits per heavy atom. The number of rotatable bonds is 7. The molecule has 0 aliphatic carbocycles. The number of methoxy groups -OCH3 is 1. The van der Waals surface area contributed by atoms with Gasteiger partial charge in [0.1, 0.15) is 23.7 Å². The summed E-state index contributed by atoms with van der Waals surface area (Å²) < 4.78 is 28.2. The maximum Gasteiger partial charge on any atom is 0.251 e. The van der Waals surface area contributed by atoms with E-state index < -0.39 is 0 Å². The second kappa shape index (κ2) is 9.21. The maximum absolute atomic E-state index is 13.5. The molecule has 0 amide bonds. The van der Waals surface area contributed by atoms with Gasteiger partial charge in [-0.2, -0.15) is 10.2 Å². The van der Waals surface area contributed by atoms with E-state index in [-0.39, 0.29) is 5.82 Å². The van der Waals surface area contributed by atoms with Gasteiger partial charge in [-0.05, 0) is 45.0 Å². The fraction of sp³-hybridized carbons (Fsp3) is 0.250. The second-order valence-corrected chi connectivity index (χ2v) is 8.02. The fourth-order valence-corrected chi connectivity index (χ4v) is 4.01. The number of hydrogen-bond acceptors (Lipinski definition) is 9. The Labute approximate surface area is 206 Å². The van der Waals surface area contributed by atoms with Crippen molar-refractivity contribution in [1.29, 1.82) is 0 Å². The highest BCUT2D eigenvalue weighted by molar-refractivity contribution is 5.76. The largest absolute Gasteiger partial charge is 0.491 e. The summed E-state index contributed by atoms with van der Waals surface area (Å²) in [6.07, 6.45) is 1.45. The van der Waals surface area contributed by atoms with Crippen molar-refractivity contribution >= 4 is 11.6 Å². The molecule has 36 heavy (non-hydrogen) atoms. The molecule has 4 aromatic heterocycles. The summed E-state index contributed by atoms with van der Waals surface area (Å²) in [4.78, 5) is 8.78. The van der Waals surface area contributed by atoms with Crippen LogP contribution in [0.3, 0.4) is 0 Å². The van der Waals surface area contributed by atoms with Crippen molar-refractivity contribution in [2.75, 3.05) is 12.4 Å². The Morgan fingerprint density at radius 3 is 2.50 bits per heavy atom. The van der Waals surface area contributed by atoms with E-state index in [4.69, 9.17) is 9.15 Å². The van der Waals surface area contributed by atoms with E-state index in [0.717, 1.165) is 22.5 Å². The van der Waals surface area contributed by atoms with Crippen LogP contribution in [-0.2, 0) is 6.54 Å². The number of anilines is 2. The van der Waals surface area contributed by atoms with Crippen LogP contribution in [0.4, 0.5) is 16.0 Å². The molecular weight excluding hydrogens is 465 g/mol. The minimum atomic E-state index is -0.318. The van der Waals surface area contributed by atoms with Gasteiger partial charge in [-0.25, -0.2) is 23.7 Å². The lowest BCUT2D eigenvalue weighted by Gasteiger charge is -2.11. The fourth-order valence-electron chi connectivity index (χ4n) is 4.01. The lowest BCUT2D eigenvalue weighted by atomic mass is 10.1. The smallest absolute Gasteiger partial charge is 0.251 e. The van der Waals surface area contributed by atoms with Gasteiger partial charge in [0.25, 0.3) is 5.89 Å². The Balaban J connectivity index is 1.52. The molecule has 0 saturated heterocycles. The van der Waals surface area contributed by atoms with Crippen molar-refractivity contribution in [2.45, 2.75) is 34.2 Å². The highest BCUT2D eigenvalue weighted by Crippen LogP contribution is 2.38. The van der Waals surface area contributed by atoms with Crippen LogP contribution in [0.2, 0.25) is 0 Å². The zero-order valence-corrected chi connectivity index (χ0v) is 20.4. The summed E-state index contributed by atoms with van der Waals surface area (Å²) in [7, 11) is 1.57. The SMILES string of the molecule is CCn1nc(-c2ccc(F)cc2)c(OC)c1Nc1cc(-n2nc(C)c(-c3nnc(C)o3)c2C)ncn1. The summed E-state index contributed by atoms with van der Waals surface area (Å²) >= 11 is 0. The predicted octanol–water partition coefficient (Wildman–Crippen LogP) is 4.41. The molecule has 0 saturated carbocycles. The van der Waals surface area contributed by atoms with E-state index in [1.807, 2.05) is 20.8 Å². The van der Waals surface area contributed by atoms with Crippen molar-refractivity contribution < 1.29 is 13.5 Å². The Bertz CT molecular complexity index is 1540. The van der Waals surface area contributed by atoms with Crippen molar-refractivity contribution in [2.24, 2.45) is 0 Å². The molecular formula is C24H24FN9O2. The molecule has 0 atom stereocenters. The van der Waals surface area contributed by atoms with Gasteiger partial charge < -0.3 is 14.5 Å². The molecule has 0 aliphatic rings. The van der Waals surface area contributed by atoms with Crippen LogP contribution < -0.4 is 10.1 Å². The van der Waals surface area contributed by atoms with Crippen molar-refractivity contribution in [3.05, 3.63) is 59.8 Å². The van der Waals surface area contributed by atoms with E-state index in [9.17, 15) is 4.39 Å². The third-order valence-corrected chi connectivity index (χ3v) is 5.68. The zero-order valence-electron chi connectivity index (χ0n) is 20.4. The molecule has 1 N–H and O–H groups in total. The minimum Gasteiger partial charge on any atom is -0.491 e. The molecule has 0 fully saturated rings. The Morgan fingerprint density at radius 2 is 1.83 bits per heavy atom. The molecule has 11 nitrogen and oxygen atoms in total.